The van der Waals surface area contributed by atoms with Gasteiger partial charge in [0.2, 0.25) is 0 Å². The third-order valence-corrected chi connectivity index (χ3v) is 1.85. The van der Waals surface area contributed by atoms with E-state index in [-0.39, 0.29) is 5.78 Å². The topological polar surface area (TPSA) is 44.1 Å². The highest BCUT2D eigenvalue weighted by molar-refractivity contribution is 5.95. The zero-order chi connectivity index (χ0) is 10.4. The van der Waals surface area contributed by atoms with Crippen molar-refractivity contribution in [1.82, 2.24) is 9.78 Å². The van der Waals surface area contributed by atoms with Crippen molar-refractivity contribution in [3.05, 3.63) is 18.0 Å². The summed E-state index contributed by atoms with van der Waals surface area (Å²) in [5, 5.41) is 3.94. The summed E-state index contributed by atoms with van der Waals surface area (Å²) in [6.45, 7) is 3.27. The molecule has 0 spiro atoms. The van der Waals surface area contributed by atoms with E-state index in [9.17, 15) is 4.79 Å². The van der Waals surface area contributed by atoms with Gasteiger partial charge in [-0.2, -0.15) is 5.10 Å². The fourth-order valence-corrected chi connectivity index (χ4v) is 1.12. The maximum absolute atomic E-state index is 11.5. The Bertz CT molecular complexity index is 294. The van der Waals surface area contributed by atoms with Crippen molar-refractivity contribution in [2.24, 2.45) is 7.05 Å². The van der Waals surface area contributed by atoms with Gasteiger partial charge in [-0.05, 0) is 6.42 Å². The molecule has 0 aliphatic heterocycles. The number of aryl methyl sites for hydroxylation is 1. The lowest BCUT2D eigenvalue weighted by molar-refractivity contribution is 0.0879. The number of nitrogens with zero attached hydrogens (tertiary/aromatic N) is 2. The Morgan fingerprint density at radius 3 is 2.93 bits per heavy atom. The second-order valence-corrected chi connectivity index (χ2v) is 3.19. The van der Waals surface area contributed by atoms with Gasteiger partial charge in [0.05, 0.1) is 18.4 Å². The molecule has 0 amide bonds. The van der Waals surface area contributed by atoms with Crippen molar-refractivity contribution < 1.29 is 9.53 Å². The molecule has 0 fully saturated rings. The summed E-state index contributed by atoms with van der Waals surface area (Å²) < 4.78 is 6.86. The first-order valence-corrected chi connectivity index (χ1v) is 4.83. The van der Waals surface area contributed by atoms with Crippen molar-refractivity contribution in [1.29, 1.82) is 0 Å². The van der Waals surface area contributed by atoms with E-state index in [1.807, 2.05) is 6.92 Å². The highest BCUT2D eigenvalue weighted by Gasteiger charge is 2.06. The number of carbonyl (C=O) groups excluding carboxylic acids is 1. The number of rotatable bonds is 6. The molecule has 0 aliphatic rings. The molecular weight excluding hydrogens is 180 g/mol. The molecule has 0 saturated heterocycles. The lowest BCUT2D eigenvalue weighted by Gasteiger charge is -1.99. The lowest BCUT2D eigenvalue weighted by Crippen LogP contribution is -2.04. The number of ether oxygens (including phenoxy) is 1. The zero-order valence-corrected chi connectivity index (χ0v) is 8.69. The van der Waals surface area contributed by atoms with Crippen LogP contribution >= 0.6 is 0 Å². The van der Waals surface area contributed by atoms with Crippen LogP contribution in [0.2, 0.25) is 0 Å². The van der Waals surface area contributed by atoms with Crippen LogP contribution in [0.1, 0.15) is 30.1 Å². The molecule has 0 radical (unpaired) electrons. The normalized spacial score (nSPS) is 10.4. The predicted molar refractivity (Wildman–Crippen MR) is 53.3 cm³/mol. The molecule has 14 heavy (non-hydrogen) atoms. The maximum atomic E-state index is 11.5. The quantitative estimate of drug-likeness (QED) is 0.510. The van der Waals surface area contributed by atoms with E-state index in [0.717, 1.165) is 13.0 Å². The van der Waals surface area contributed by atoms with E-state index in [4.69, 9.17) is 4.74 Å². The minimum atomic E-state index is 0.0919. The van der Waals surface area contributed by atoms with Gasteiger partial charge < -0.3 is 4.74 Å². The summed E-state index contributed by atoms with van der Waals surface area (Å²) in [4.78, 5) is 11.5. The van der Waals surface area contributed by atoms with Gasteiger partial charge in [-0.15, -0.1) is 0 Å². The van der Waals surface area contributed by atoms with Crippen LogP contribution in [0.3, 0.4) is 0 Å². The molecular formula is C10H16N2O2. The number of Topliss-reactive ketones (excluding diaryl/α,β-unsaturated/α-hetero) is 1. The van der Waals surface area contributed by atoms with Gasteiger partial charge in [-0.3, -0.25) is 9.48 Å². The van der Waals surface area contributed by atoms with E-state index in [1.54, 1.807) is 24.1 Å². The average Bonchev–Trinajstić information content (AvgIpc) is 2.59. The first-order valence-electron chi connectivity index (χ1n) is 4.83. The van der Waals surface area contributed by atoms with Crippen LogP contribution in [-0.2, 0) is 11.8 Å². The molecule has 0 saturated carbocycles. The Balaban J connectivity index is 2.29. The minimum Gasteiger partial charge on any atom is -0.381 e. The van der Waals surface area contributed by atoms with Gasteiger partial charge in [-0.1, -0.05) is 6.92 Å². The van der Waals surface area contributed by atoms with Crippen LogP contribution < -0.4 is 0 Å². The average molecular weight is 196 g/mol. The SMILES string of the molecule is CCCOCCC(=O)c1cnn(C)c1. The maximum Gasteiger partial charge on any atom is 0.168 e. The Morgan fingerprint density at radius 1 is 1.57 bits per heavy atom. The second-order valence-electron chi connectivity index (χ2n) is 3.19. The third kappa shape index (κ3) is 3.30. The monoisotopic (exact) mass is 196 g/mol. The van der Waals surface area contributed by atoms with Crippen LogP contribution in [0.15, 0.2) is 12.4 Å². The first kappa shape index (κ1) is 10.9. The number of carbonyl (C=O) groups is 1. The van der Waals surface area contributed by atoms with Gasteiger partial charge in [-0.25, -0.2) is 0 Å². The predicted octanol–water partition coefficient (Wildman–Crippen LogP) is 1.42. The Morgan fingerprint density at radius 2 is 2.36 bits per heavy atom. The van der Waals surface area contributed by atoms with Crippen LogP contribution in [0.5, 0.6) is 0 Å². The summed E-state index contributed by atoms with van der Waals surface area (Å²) in [5.41, 5.74) is 0.660. The van der Waals surface area contributed by atoms with Crippen molar-refractivity contribution in [3.63, 3.8) is 0 Å². The highest BCUT2D eigenvalue weighted by atomic mass is 16.5. The van der Waals surface area contributed by atoms with E-state index >= 15 is 0 Å². The number of hydrogen-bond acceptors (Lipinski definition) is 3. The molecule has 4 nitrogen and oxygen atoms in total. The Kier molecular flexibility index (Phi) is 4.32. The van der Waals surface area contributed by atoms with E-state index in [2.05, 4.69) is 5.10 Å². The molecule has 4 heteroatoms. The standard InChI is InChI=1S/C10H16N2O2/c1-3-5-14-6-4-10(13)9-7-11-12(2)8-9/h7-8H,3-6H2,1-2H3. The highest BCUT2D eigenvalue weighted by Crippen LogP contribution is 2.01. The molecule has 1 rings (SSSR count). The minimum absolute atomic E-state index is 0.0919. The lowest BCUT2D eigenvalue weighted by atomic mass is 10.2. The summed E-state index contributed by atoms with van der Waals surface area (Å²) in [5.74, 6) is 0.0919. The molecule has 78 valence electrons. The number of ketones is 1. The summed E-state index contributed by atoms with van der Waals surface area (Å²) >= 11 is 0. The Labute approximate surface area is 83.9 Å². The molecule has 0 unspecified atom stereocenters. The van der Waals surface area contributed by atoms with E-state index in [1.165, 1.54) is 0 Å². The number of aromatic nitrogens is 2. The van der Waals surface area contributed by atoms with Gasteiger partial charge in [0.25, 0.3) is 0 Å². The van der Waals surface area contributed by atoms with Crippen LogP contribution in [0, 0.1) is 0 Å². The Hall–Kier alpha value is -1.16. The fraction of sp³-hybridized carbons (Fsp3) is 0.600. The van der Waals surface area contributed by atoms with E-state index in [0.29, 0.717) is 18.6 Å². The first-order chi connectivity index (χ1) is 6.74. The van der Waals surface area contributed by atoms with Crippen LogP contribution in [-0.4, -0.2) is 28.8 Å². The summed E-state index contributed by atoms with van der Waals surface area (Å²) in [7, 11) is 1.80. The fourth-order valence-electron chi connectivity index (χ4n) is 1.12. The van der Waals surface area contributed by atoms with Gasteiger partial charge in [0.1, 0.15) is 0 Å². The van der Waals surface area contributed by atoms with Crippen molar-refractivity contribution in [2.45, 2.75) is 19.8 Å². The van der Waals surface area contributed by atoms with Gasteiger partial charge in [0.15, 0.2) is 5.78 Å². The largest absolute Gasteiger partial charge is 0.381 e. The van der Waals surface area contributed by atoms with Crippen molar-refractivity contribution in [3.8, 4) is 0 Å². The smallest absolute Gasteiger partial charge is 0.168 e. The summed E-state index contributed by atoms with van der Waals surface area (Å²) in [6.07, 6.45) is 4.73. The molecule has 1 aromatic rings. The molecule has 0 N–H and O–H groups in total. The van der Waals surface area contributed by atoms with Crippen LogP contribution in [0.4, 0.5) is 0 Å². The molecule has 1 heterocycles. The van der Waals surface area contributed by atoms with Gasteiger partial charge >= 0.3 is 0 Å². The van der Waals surface area contributed by atoms with Crippen LogP contribution in [0.25, 0.3) is 0 Å². The van der Waals surface area contributed by atoms with Crippen molar-refractivity contribution >= 4 is 5.78 Å². The molecule has 1 aromatic heterocycles. The second kappa shape index (κ2) is 5.54. The molecule has 0 aliphatic carbocycles. The van der Waals surface area contributed by atoms with Crippen molar-refractivity contribution in [2.75, 3.05) is 13.2 Å². The zero-order valence-electron chi connectivity index (χ0n) is 8.69. The number of hydrogen-bond donors (Lipinski definition) is 0. The molecule has 0 bridgehead atoms. The summed E-state index contributed by atoms with van der Waals surface area (Å²) in [6, 6.07) is 0. The third-order valence-electron chi connectivity index (χ3n) is 1.85. The van der Waals surface area contributed by atoms with Gasteiger partial charge in [0, 0.05) is 26.3 Å². The molecule has 0 atom stereocenters. The molecule has 0 aromatic carbocycles. The van der Waals surface area contributed by atoms with E-state index < -0.39 is 0 Å².